The maximum absolute atomic E-state index is 9.15. The fourth-order valence-electron chi connectivity index (χ4n) is 1.34. The summed E-state index contributed by atoms with van der Waals surface area (Å²) in [6.45, 7) is 1.64. The van der Waals surface area contributed by atoms with Gasteiger partial charge in [-0.05, 0) is 31.8 Å². The van der Waals surface area contributed by atoms with E-state index in [9.17, 15) is 0 Å². The second-order valence-electron chi connectivity index (χ2n) is 3.91. The standard InChI is InChI=1S/C12H17N3O/c1-15(2)8-7-14-12(9-13)10-3-5-11(16)6-4-10/h3-6,12,14,16H,7-8H2,1-2H3. The van der Waals surface area contributed by atoms with Crippen molar-refractivity contribution in [3.63, 3.8) is 0 Å². The zero-order valence-electron chi connectivity index (χ0n) is 9.64. The molecule has 0 aliphatic carbocycles. The first kappa shape index (κ1) is 12.5. The second kappa shape index (κ2) is 6.11. The van der Waals surface area contributed by atoms with E-state index in [-0.39, 0.29) is 11.8 Å². The molecule has 0 spiro atoms. The number of nitriles is 1. The first-order valence-corrected chi connectivity index (χ1v) is 5.20. The molecule has 0 aliphatic heterocycles. The molecule has 0 aromatic heterocycles. The normalized spacial score (nSPS) is 12.4. The van der Waals surface area contributed by atoms with E-state index in [2.05, 4.69) is 16.3 Å². The Bertz CT molecular complexity index is 354. The highest BCUT2D eigenvalue weighted by Gasteiger charge is 2.08. The first-order valence-electron chi connectivity index (χ1n) is 5.20. The van der Waals surface area contributed by atoms with Gasteiger partial charge >= 0.3 is 0 Å². The van der Waals surface area contributed by atoms with Crippen LogP contribution in [0.15, 0.2) is 24.3 Å². The van der Waals surface area contributed by atoms with Gasteiger partial charge in [-0.2, -0.15) is 5.26 Å². The van der Waals surface area contributed by atoms with Gasteiger partial charge in [-0.3, -0.25) is 5.32 Å². The summed E-state index contributed by atoms with van der Waals surface area (Å²) < 4.78 is 0. The number of hydrogen-bond donors (Lipinski definition) is 2. The van der Waals surface area contributed by atoms with Crippen molar-refractivity contribution in [3.05, 3.63) is 29.8 Å². The number of rotatable bonds is 5. The Morgan fingerprint density at radius 3 is 2.50 bits per heavy atom. The number of nitrogens with zero attached hydrogens (tertiary/aromatic N) is 2. The quantitative estimate of drug-likeness (QED) is 0.778. The fourth-order valence-corrected chi connectivity index (χ4v) is 1.34. The Morgan fingerprint density at radius 2 is 2.00 bits per heavy atom. The lowest BCUT2D eigenvalue weighted by atomic mass is 10.1. The average Bonchev–Trinajstić information content (AvgIpc) is 2.26. The first-order chi connectivity index (χ1) is 7.63. The van der Waals surface area contributed by atoms with Gasteiger partial charge in [0.2, 0.25) is 0 Å². The van der Waals surface area contributed by atoms with Crippen LogP contribution >= 0.6 is 0 Å². The zero-order valence-corrected chi connectivity index (χ0v) is 9.64. The molecule has 16 heavy (non-hydrogen) atoms. The van der Waals surface area contributed by atoms with E-state index < -0.39 is 0 Å². The van der Waals surface area contributed by atoms with Crippen molar-refractivity contribution >= 4 is 0 Å². The molecule has 0 saturated carbocycles. The molecule has 0 aliphatic rings. The van der Waals surface area contributed by atoms with E-state index >= 15 is 0 Å². The van der Waals surface area contributed by atoms with Gasteiger partial charge in [0, 0.05) is 13.1 Å². The Morgan fingerprint density at radius 1 is 1.38 bits per heavy atom. The molecule has 86 valence electrons. The van der Waals surface area contributed by atoms with E-state index in [0.29, 0.717) is 0 Å². The van der Waals surface area contributed by atoms with Crippen LogP contribution in [0.2, 0.25) is 0 Å². The summed E-state index contributed by atoms with van der Waals surface area (Å²) in [6.07, 6.45) is 0. The van der Waals surface area contributed by atoms with Crippen molar-refractivity contribution in [3.8, 4) is 11.8 Å². The van der Waals surface area contributed by atoms with Crippen molar-refractivity contribution in [1.82, 2.24) is 10.2 Å². The molecule has 2 N–H and O–H groups in total. The molecule has 0 fully saturated rings. The molecular formula is C12H17N3O. The van der Waals surface area contributed by atoms with Crippen LogP contribution in [0.5, 0.6) is 5.75 Å². The Kier molecular flexibility index (Phi) is 4.77. The van der Waals surface area contributed by atoms with Crippen molar-refractivity contribution in [2.24, 2.45) is 0 Å². The third-order valence-corrected chi connectivity index (χ3v) is 2.26. The van der Waals surface area contributed by atoms with Gasteiger partial charge in [0.15, 0.2) is 0 Å². The highest BCUT2D eigenvalue weighted by Crippen LogP contribution is 2.15. The van der Waals surface area contributed by atoms with Gasteiger partial charge < -0.3 is 10.0 Å². The average molecular weight is 219 g/mol. The van der Waals surface area contributed by atoms with Gasteiger partial charge in [-0.1, -0.05) is 12.1 Å². The molecular weight excluding hydrogens is 202 g/mol. The Hall–Kier alpha value is -1.57. The molecule has 4 nitrogen and oxygen atoms in total. The largest absolute Gasteiger partial charge is 0.508 e. The third kappa shape index (κ3) is 3.89. The topological polar surface area (TPSA) is 59.3 Å². The lowest BCUT2D eigenvalue weighted by Gasteiger charge is -2.14. The van der Waals surface area contributed by atoms with E-state index in [1.165, 1.54) is 0 Å². The predicted octanol–water partition coefficient (Wildman–Crippen LogP) is 1.11. The van der Waals surface area contributed by atoms with Gasteiger partial charge in [0.25, 0.3) is 0 Å². The summed E-state index contributed by atoms with van der Waals surface area (Å²) >= 11 is 0. The van der Waals surface area contributed by atoms with Crippen molar-refractivity contribution in [1.29, 1.82) is 5.26 Å². The summed E-state index contributed by atoms with van der Waals surface area (Å²) in [6, 6.07) is 8.57. The second-order valence-corrected chi connectivity index (χ2v) is 3.91. The Balaban J connectivity index is 2.55. The Labute approximate surface area is 96.1 Å². The molecule has 0 heterocycles. The van der Waals surface area contributed by atoms with Crippen LogP contribution in [0.25, 0.3) is 0 Å². The number of phenols is 1. The molecule has 0 saturated heterocycles. The lowest BCUT2D eigenvalue weighted by Crippen LogP contribution is -2.29. The van der Waals surface area contributed by atoms with Gasteiger partial charge in [0.05, 0.1) is 6.07 Å². The van der Waals surface area contributed by atoms with E-state index in [1.54, 1.807) is 24.3 Å². The molecule has 1 aromatic rings. The van der Waals surface area contributed by atoms with Gasteiger partial charge in [-0.15, -0.1) is 0 Å². The molecule has 0 radical (unpaired) electrons. The van der Waals surface area contributed by atoms with Crippen LogP contribution in [-0.2, 0) is 0 Å². The third-order valence-electron chi connectivity index (χ3n) is 2.26. The molecule has 1 unspecified atom stereocenters. The molecule has 0 bridgehead atoms. The zero-order chi connectivity index (χ0) is 12.0. The molecule has 1 atom stereocenters. The minimum Gasteiger partial charge on any atom is -0.508 e. The van der Waals surface area contributed by atoms with Crippen LogP contribution in [0.4, 0.5) is 0 Å². The van der Waals surface area contributed by atoms with E-state index in [4.69, 9.17) is 10.4 Å². The maximum atomic E-state index is 9.15. The van der Waals surface area contributed by atoms with Crippen LogP contribution < -0.4 is 5.32 Å². The highest BCUT2D eigenvalue weighted by atomic mass is 16.3. The van der Waals surface area contributed by atoms with E-state index in [1.807, 2.05) is 14.1 Å². The van der Waals surface area contributed by atoms with Crippen molar-refractivity contribution < 1.29 is 5.11 Å². The fraction of sp³-hybridized carbons (Fsp3) is 0.417. The summed E-state index contributed by atoms with van der Waals surface area (Å²) in [5.41, 5.74) is 0.874. The summed E-state index contributed by atoms with van der Waals surface area (Å²) in [5.74, 6) is 0.216. The van der Waals surface area contributed by atoms with Crippen LogP contribution in [0, 0.1) is 11.3 Å². The summed E-state index contributed by atoms with van der Waals surface area (Å²) in [5, 5.41) is 21.3. The number of aromatic hydroxyl groups is 1. The minimum absolute atomic E-state index is 0.216. The van der Waals surface area contributed by atoms with Crippen molar-refractivity contribution in [2.75, 3.05) is 27.2 Å². The van der Waals surface area contributed by atoms with Gasteiger partial charge in [-0.25, -0.2) is 0 Å². The lowest BCUT2D eigenvalue weighted by molar-refractivity contribution is 0.395. The van der Waals surface area contributed by atoms with Crippen LogP contribution in [-0.4, -0.2) is 37.2 Å². The summed E-state index contributed by atoms with van der Waals surface area (Å²) in [7, 11) is 3.98. The highest BCUT2D eigenvalue weighted by molar-refractivity contribution is 5.30. The number of benzene rings is 1. The maximum Gasteiger partial charge on any atom is 0.121 e. The predicted molar refractivity (Wildman–Crippen MR) is 63.0 cm³/mol. The molecule has 4 heteroatoms. The molecule has 1 rings (SSSR count). The number of likely N-dealkylation sites (N-methyl/N-ethyl adjacent to an activating group) is 1. The monoisotopic (exact) mass is 219 g/mol. The molecule has 1 aromatic carbocycles. The van der Waals surface area contributed by atoms with Crippen molar-refractivity contribution in [2.45, 2.75) is 6.04 Å². The SMILES string of the molecule is CN(C)CCNC(C#N)c1ccc(O)cc1. The number of nitrogens with one attached hydrogen (secondary N) is 1. The van der Waals surface area contributed by atoms with E-state index in [0.717, 1.165) is 18.7 Å². The number of hydrogen-bond acceptors (Lipinski definition) is 4. The minimum atomic E-state index is -0.319. The summed E-state index contributed by atoms with van der Waals surface area (Å²) in [4.78, 5) is 2.05. The van der Waals surface area contributed by atoms with Crippen LogP contribution in [0.1, 0.15) is 11.6 Å². The smallest absolute Gasteiger partial charge is 0.121 e. The van der Waals surface area contributed by atoms with Crippen LogP contribution in [0.3, 0.4) is 0 Å². The number of phenolic OH excluding ortho intramolecular Hbond substituents is 1. The van der Waals surface area contributed by atoms with Gasteiger partial charge in [0.1, 0.15) is 11.8 Å². The molecule has 0 amide bonds.